The van der Waals surface area contributed by atoms with Gasteiger partial charge in [0, 0.05) is 51.1 Å². The molecule has 1 atom stereocenters. The number of aromatic nitrogens is 1. The van der Waals surface area contributed by atoms with Crippen LogP contribution in [0.1, 0.15) is 47.2 Å². The van der Waals surface area contributed by atoms with Gasteiger partial charge in [0.2, 0.25) is 5.91 Å². The van der Waals surface area contributed by atoms with Crippen molar-refractivity contribution in [3.63, 3.8) is 0 Å². The van der Waals surface area contributed by atoms with Crippen molar-refractivity contribution in [2.45, 2.75) is 59.7 Å². The van der Waals surface area contributed by atoms with Gasteiger partial charge < -0.3 is 9.64 Å². The Hall–Kier alpha value is -1.67. The summed E-state index contributed by atoms with van der Waals surface area (Å²) in [5.41, 5.74) is 0.485. The average molecular weight is 383 g/mol. The standard InChI is InChI=1S/C18H30N4O3S/c1-7-22(14(3)23)16-19-15(12-26-16)11-20-8-9-21(10-13(20)2)17(24)25-18(4,5)6/h12-13H,7-11H2,1-6H3. The van der Waals surface area contributed by atoms with Crippen LogP contribution in [-0.4, -0.2) is 64.6 Å². The number of rotatable bonds is 4. The Bertz CT molecular complexity index is 641. The largest absolute Gasteiger partial charge is 0.444 e. The van der Waals surface area contributed by atoms with E-state index in [1.165, 1.54) is 11.3 Å². The summed E-state index contributed by atoms with van der Waals surface area (Å²) in [6.07, 6.45) is -0.250. The molecule has 7 nitrogen and oxygen atoms in total. The van der Waals surface area contributed by atoms with Gasteiger partial charge in [-0.3, -0.25) is 14.6 Å². The van der Waals surface area contributed by atoms with E-state index in [2.05, 4.69) is 16.8 Å². The van der Waals surface area contributed by atoms with Gasteiger partial charge in [-0.15, -0.1) is 11.3 Å². The Morgan fingerprint density at radius 1 is 1.38 bits per heavy atom. The molecule has 2 rings (SSSR count). The van der Waals surface area contributed by atoms with Gasteiger partial charge in [-0.25, -0.2) is 9.78 Å². The molecule has 0 N–H and O–H groups in total. The van der Waals surface area contributed by atoms with Gasteiger partial charge in [0.05, 0.1) is 5.69 Å². The number of piperazine rings is 1. The minimum absolute atomic E-state index is 0.00717. The van der Waals surface area contributed by atoms with Crippen molar-refractivity contribution in [1.82, 2.24) is 14.8 Å². The van der Waals surface area contributed by atoms with Gasteiger partial charge in [-0.2, -0.15) is 0 Å². The van der Waals surface area contributed by atoms with Crippen LogP contribution in [0.15, 0.2) is 5.38 Å². The summed E-state index contributed by atoms with van der Waals surface area (Å²) in [7, 11) is 0. The molecule has 0 aromatic carbocycles. The molecule has 0 saturated carbocycles. The maximum absolute atomic E-state index is 12.2. The van der Waals surface area contributed by atoms with Gasteiger partial charge in [-0.05, 0) is 34.6 Å². The normalized spacial score (nSPS) is 18.7. The summed E-state index contributed by atoms with van der Waals surface area (Å²) < 4.78 is 5.46. The van der Waals surface area contributed by atoms with E-state index in [1.54, 1.807) is 16.7 Å². The van der Waals surface area contributed by atoms with Crippen LogP contribution in [0.5, 0.6) is 0 Å². The minimum Gasteiger partial charge on any atom is -0.444 e. The predicted octanol–water partition coefficient (Wildman–Crippen LogP) is 2.96. The highest BCUT2D eigenvalue weighted by atomic mass is 32.1. The second-order valence-electron chi connectivity index (χ2n) is 7.63. The fraction of sp³-hybridized carbons (Fsp3) is 0.722. The van der Waals surface area contributed by atoms with Gasteiger partial charge in [0.1, 0.15) is 5.60 Å². The van der Waals surface area contributed by atoms with E-state index in [0.29, 0.717) is 19.6 Å². The van der Waals surface area contributed by atoms with Crippen molar-refractivity contribution in [2.24, 2.45) is 0 Å². The summed E-state index contributed by atoms with van der Waals surface area (Å²) in [6, 6.07) is 0.219. The lowest BCUT2D eigenvalue weighted by molar-refractivity contribution is -0.116. The topological polar surface area (TPSA) is 66.0 Å². The molecule has 1 aromatic heterocycles. The molecule has 0 aliphatic carbocycles. The first kappa shape index (κ1) is 20.6. The molecule has 2 heterocycles. The molecule has 2 amide bonds. The number of thiazole rings is 1. The zero-order valence-electron chi connectivity index (χ0n) is 16.6. The zero-order valence-corrected chi connectivity index (χ0v) is 17.4. The molecule has 26 heavy (non-hydrogen) atoms. The maximum atomic E-state index is 12.2. The van der Waals surface area contributed by atoms with Crippen LogP contribution in [0.4, 0.5) is 9.93 Å². The molecule has 0 spiro atoms. The van der Waals surface area contributed by atoms with Crippen LogP contribution in [-0.2, 0) is 16.1 Å². The Balaban J connectivity index is 1.93. The SMILES string of the molecule is CCN(C(C)=O)c1nc(CN2CCN(C(=O)OC(C)(C)C)CC2C)cs1. The van der Waals surface area contributed by atoms with Crippen molar-refractivity contribution >= 4 is 28.5 Å². The van der Waals surface area contributed by atoms with Crippen molar-refractivity contribution in [1.29, 1.82) is 0 Å². The molecule has 1 aliphatic heterocycles. The van der Waals surface area contributed by atoms with Crippen LogP contribution in [0.2, 0.25) is 0 Å². The lowest BCUT2D eigenvalue weighted by Gasteiger charge is -2.39. The molecule has 146 valence electrons. The zero-order chi connectivity index (χ0) is 19.5. The quantitative estimate of drug-likeness (QED) is 0.801. The Kier molecular flexibility index (Phi) is 6.63. The van der Waals surface area contributed by atoms with Crippen LogP contribution < -0.4 is 4.90 Å². The van der Waals surface area contributed by atoms with Crippen molar-refractivity contribution in [3.8, 4) is 0 Å². The minimum atomic E-state index is -0.476. The first-order valence-electron chi connectivity index (χ1n) is 9.05. The molecule has 1 fully saturated rings. The summed E-state index contributed by atoms with van der Waals surface area (Å²) in [5, 5.41) is 2.75. The molecular weight excluding hydrogens is 352 g/mol. The van der Waals surface area contributed by atoms with Crippen LogP contribution >= 0.6 is 11.3 Å². The monoisotopic (exact) mass is 382 g/mol. The molecule has 1 aromatic rings. The highest BCUT2D eigenvalue weighted by Crippen LogP contribution is 2.23. The number of amides is 2. The number of carbonyl (C=O) groups excluding carboxylic acids is 2. The average Bonchev–Trinajstić information content (AvgIpc) is 2.96. The molecule has 0 radical (unpaired) electrons. The maximum Gasteiger partial charge on any atom is 0.410 e. The number of anilines is 1. The number of nitrogens with zero attached hydrogens (tertiary/aromatic N) is 4. The Labute approximate surface area is 159 Å². The smallest absolute Gasteiger partial charge is 0.410 e. The summed E-state index contributed by atoms with van der Waals surface area (Å²) >= 11 is 1.49. The number of hydrogen-bond acceptors (Lipinski definition) is 6. The highest BCUT2D eigenvalue weighted by molar-refractivity contribution is 7.14. The molecule has 1 unspecified atom stereocenters. The summed E-state index contributed by atoms with van der Waals surface area (Å²) in [4.78, 5) is 34.3. The van der Waals surface area contributed by atoms with Crippen LogP contribution in [0.3, 0.4) is 0 Å². The fourth-order valence-electron chi connectivity index (χ4n) is 2.92. The third-order valence-corrected chi connectivity index (χ3v) is 5.16. The van der Waals surface area contributed by atoms with E-state index in [1.807, 2.05) is 33.1 Å². The summed E-state index contributed by atoms with van der Waals surface area (Å²) in [6.45, 7) is 14.6. The Morgan fingerprint density at radius 2 is 2.08 bits per heavy atom. The van der Waals surface area contributed by atoms with E-state index in [-0.39, 0.29) is 18.0 Å². The first-order valence-corrected chi connectivity index (χ1v) is 9.93. The lowest BCUT2D eigenvalue weighted by atomic mass is 10.2. The van der Waals surface area contributed by atoms with Gasteiger partial charge >= 0.3 is 6.09 Å². The van der Waals surface area contributed by atoms with Crippen LogP contribution in [0.25, 0.3) is 0 Å². The number of ether oxygens (including phenoxy) is 1. The first-order chi connectivity index (χ1) is 12.1. The van der Waals surface area contributed by atoms with E-state index < -0.39 is 5.60 Å². The van der Waals surface area contributed by atoms with Crippen molar-refractivity contribution < 1.29 is 14.3 Å². The third kappa shape index (κ3) is 5.41. The fourth-order valence-corrected chi connectivity index (χ4v) is 3.84. The van der Waals surface area contributed by atoms with Crippen LogP contribution in [0, 0.1) is 0 Å². The van der Waals surface area contributed by atoms with Gasteiger partial charge in [-0.1, -0.05) is 0 Å². The van der Waals surface area contributed by atoms with Gasteiger partial charge in [0.15, 0.2) is 5.13 Å². The van der Waals surface area contributed by atoms with E-state index >= 15 is 0 Å². The Morgan fingerprint density at radius 3 is 2.62 bits per heavy atom. The molecule has 0 bridgehead atoms. The third-order valence-electron chi connectivity index (χ3n) is 4.25. The summed E-state index contributed by atoms with van der Waals surface area (Å²) in [5.74, 6) is 0.00717. The number of carbonyl (C=O) groups is 2. The highest BCUT2D eigenvalue weighted by Gasteiger charge is 2.30. The predicted molar refractivity (Wildman–Crippen MR) is 103 cm³/mol. The second-order valence-corrected chi connectivity index (χ2v) is 8.47. The lowest BCUT2D eigenvalue weighted by Crippen LogP contribution is -2.54. The van der Waals surface area contributed by atoms with Crippen molar-refractivity contribution in [2.75, 3.05) is 31.1 Å². The van der Waals surface area contributed by atoms with E-state index in [0.717, 1.165) is 23.9 Å². The van der Waals surface area contributed by atoms with E-state index in [4.69, 9.17) is 4.74 Å². The molecular formula is C18H30N4O3S. The molecule has 1 saturated heterocycles. The number of hydrogen-bond donors (Lipinski definition) is 0. The molecule has 8 heteroatoms. The molecule has 1 aliphatic rings. The van der Waals surface area contributed by atoms with Crippen molar-refractivity contribution in [3.05, 3.63) is 11.1 Å². The van der Waals surface area contributed by atoms with E-state index in [9.17, 15) is 9.59 Å². The van der Waals surface area contributed by atoms with Gasteiger partial charge in [0.25, 0.3) is 0 Å². The second kappa shape index (κ2) is 8.35.